The van der Waals surface area contributed by atoms with Gasteiger partial charge in [0.15, 0.2) is 0 Å². The Morgan fingerprint density at radius 1 is 1.39 bits per heavy atom. The number of hydrogen-bond acceptors (Lipinski definition) is 3. The molecule has 1 aromatic rings. The van der Waals surface area contributed by atoms with Crippen LogP contribution < -0.4 is 10.6 Å². The lowest BCUT2D eigenvalue weighted by Gasteiger charge is -2.25. The average Bonchev–Trinajstić information content (AvgIpc) is 2.78. The van der Waals surface area contributed by atoms with Gasteiger partial charge in [0.2, 0.25) is 5.95 Å². The summed E-state index contributed by atoms with van der Waals surface area (Å²) in [7, 11) is 0. The molecule has 0 aliphatic carbocycles. The van der Waals surface area contributed by atoms with Crippen LogP contribution in [-0.4, -0.2) is 29.2 Å². The topological polar surface area (TPSA) is 41.9 Å². The standard InChI is InChI=1S/C14H26N4/c1-14(2,3)18-11-10-17-13(18)16-9-6-12-4-7-15-8-5-12/h10-12,15H,4-9H2,1-3H3,(H,16,17). The minimum atomic E-state index is 0.0909. The first-order valence-electron chi connectivity index (χ1n) is 7.06. The molecule has 4 heteroatoms. The first-order valence-corrected chi connectivity index (χ1v) is 7.06. The maximum Gasteiger partial charge on any atom is 0.203 e. The third-order valence-corrected chi connectivity index (χ3v) is 3.66. The van der Waals surface area contributed by atoms with Gasteiger partial charge < -0.3 is 15.2 Å². The van der Waals surface area contributed by atoms with E-state index in [1.54, 1.807) is 0 Å². The molecule has 0 aromatic carbocycles. The smallest absolute Gasteiger partial charge is 0.203 e. The van der Waals surface area contributed by atoms with Gasteiger partial charge in [-0.1, -0.05) is 0 Å². The van der Waals surface area contributed by atoms with Crippen molar-refractivity contribution < 1.29 is 0 Å². The summed E-state index contributed by atoms with van der Waals surface area (Å²) in [4.78, 5) is 4.40. The van der Waals surface area contributed by atoms with Crippen molar-refractivity contribution in [1.29, 1.82) is 0 Å². The van der Waals surface area contributed by atoms with E-state index in [1.165, 1.54) is 32.4 Å². The van der Waals surface area contributed by atoms with E-state index in [1.807, 2.05) is 12.4 Å². The Bertz CT molecular complexity index is 358. The molecule has 1 aliphatic heterocycles. The number of hydrogen-bond donors (Lipinski definition) is 2. The fourth-order valence-corrected chi connectivity index (χ4v) is 2.53. The van der Waals surface area contributed by atoms with Crippen LogP contribution in [0.15, 0.2) is 12.4 Å². The Morgan fingerprint density at radius 2 is 2.11 bits per heavy atom. The average molecular weight is 250 g/mol. The predicted octanol–water partition coefficient (Wildman–Crippen LogP) is 2.44. The SMILES string of the molecule is CC(C)(C)n1ccnc1NCCC1CCNCC1. The largest absolute Gasteiger partial charge is 0.356 e. The monoisotopic (exact) mass is 250 g/mol. The summed E-state index contributed by atoms with van der Waals surface area (Å²) < 4.78 is 2.20. The lowest BCUT2D eigenvalue weighted by molar-refractivity contribution is 0.359. The number of nitrogens with zero attached hydrogens (tertiary/aromatic N) is 2. The zero-order chi connectivity index (χ0) is 13.0. The van der Waals surface area contributed by atoms with E-state index in [0.717, 1.165) is 18.4 Å². The van der Waals surface area contributed by atoms with Crippen molar-refractivity contribution in [3.8, 4) is 0 Å². The Balaban J connectivity index is 1.81. The van der Waals surface area contributed by atoms with Crippen molar-refractivity contribution in [2.24, 2.45) is 5.92 Å². The van der Waals surface area contributed by atoms with Crippen molar-refractivity contribution in [2.75, 3.05) is 25.0 Å². The second-order valence-electron chi connectivity index (χ2n) is 6.20. The summed E-state index contributed by atoms with van der Waals surface area (Å²) in [5.41, 5.74) is 0.0909. The third kappa shape index (κ3) is 3.48. The van der Waals surface area contributed by atoms with E-state index >= 15 is 0 Å². The third-order valence-electron chi connectivity index (χ3n) is 3.66. The van der Waals surface area contributed by atoms with Crippen molar-refractivity contribution in [3.63, 3.8) is 0 Å². The fourth-order valence-electron chi connectivity index (χ4n) is 2.53. The van der Waals surface area contributed by atoms with E-state index in [9.17, 15) is 0 Å². The zero-order valence-corrected chi connectivity index (χ0v) is 11.9. The maximum atomic E-state index is 4.40. The van der Waals surface area contributed by atoms with Crippen LogP contribution in [0.4, 0.5) is 5.95 Å². The molecule has 4 nitrogen and oxygen atoms in total. The van der Waals surface area contributed by atoms with E-state index in [-0.39, 0.29) is 5.54 Å². The van der Waals surface area contributed by atoms with Crippen LogP contribution in [0.1, 0.15) is 40.0 Å². The summed E-state index contributed by atoms with van der Waals surface area (Å²) >= 11 is 0. The van der Waals surface area contributed by atoms with Crippen LogP contribution in [0, 0.1) is 5.92 Å². The summed E-state index contributed by atoms with van der Waals surface area (Å²) in [6.45, 7) is 9.99. The van der Waals surface area contributed by atoms with E-state index < -0.39 is 0 Å². The maximum absolute atomic E-state index is 4.40. The molecule has 1 saturated heterocycles. The van der Waals surface area contributed by atoms with Crippen LogP contribution in [0.25, 0.3) is 0 Å². The number of aromatic nitrogens is 2. The van der Waals surface area contributed by atoms with Crippen molar-refractivity contribution in [1.82, 2.24) is 14.9 Å². The molecule has 2 N–H and O–H groups in total. The van der Waals surface area contributed by atoms with Gasteiger partial charge in [0.1, 0.15) is 0 Å². The van der Waals surface area contributed by atoms with Gasteiger partial charge in [-0.3, -0.25) is 0 Å². The molecule has 1 fully saturated rings. The number of nitrogens with one attached hydrogen (secondary N) is 2. The first-order chi connectivity index (χ1) is 8.57. The Kier molecular flexibility index (Phi) is 4.27. The highest BCUT2D eigenvalue weighted by Gasteiger charge is 2.17. The number of imidazole rings is 1. The van der Waals surface area contributed by atoms with Gasteiger partial charge in [0.25, 0.3) is 0 Å². The number of rotatable bonds is 4. The molecule has 1 aromatic heterocycles. The molecule has 0 spiro atoms. The summed E-state index contributed by atoms with van der Waals surface area (Å²) in [6.07, 6.45) is 7.80. The first kappa shape index (κ1) is 13.4. The number of piperidine rings is 1. The Morgan fingerprint density at radius 3 is 2.78 bits per heavy atom. The minimum Gasteiger partial charge on any atom is -0.356 e. The van der Waals surface area contributed by atoms with Gasteiger partial charge in [-0.05, 0) is 59.0 Å². The quantitative estimate of drug-likeness (QED) is 0.862. The molecule has 0 saturated carbocycles. The molecule has 0 bridgehead atoms. The fraction of sp³-hybridized carbons (Fsp3) is 0.786. The number of anilines is 1. The van der Waals surface area contributed by atoms with E-state index in [0.29, 0.717) is 0 Å². The molecule has 1 aliphatic rings. The molecule has 0 atom stereocenters. The highest BCUT2D eigenvalue weighted by atomic mass is 15.2. The second-order valence-corrected chi connectivity index (χ2v) is 6.20. The molecule has 0 radical (unpaired) electrons. The Labute approximate surface area is 110 Å². The Hall–Kier alpha value is -1.03. The van der Waals surface area contributed by atoms with Crippen LogP contribution in [0.3, 0.4) is 0 Å². The van der Waals surface area contributed by atoms with Crippen molar-refractivity contribution in [3.05, 3.63) is 12.4 Å². The van der Waals surface area contributed by atoms with E-state index in [2.05, 4.69) is 41.0 Å². The zero-order valence-electron chi connectivity index (χ0n) is 11.9. The van der Waals surface area contributed by atoms with Crippen molar-refractivity contribution >= 4 is 5.95 Å². The minimum absolute atomic E-state index is 0.0909. The summed E-state index contributed by atoms with van der Waals surface area (Å²) in [5.74, 6) is 1.87. The van der Waals surface area contributed by atoms with Gasteiger partial charge in [0, 0.05) is 24.5 Å². The van der Waals surface area contributed by atoms with Crippen LogP contribution >= 0.6 is 0 Å². The van der Waals surface area contributed by atoms with Gasteiger partial charge in [0.05, 0.1) is 0 Å². The van der Waals surface area contributed by atoms with Gasteiger partial charge >= 0.3 is 0 Å². The van der Waals surface area contributed by atoms with Crippen molar-refractivity contribution in [2.45, 2.75) is 45.6 Å². The highest BCUT2D eigenvalue weighted by molar-refractivity contribution is 5.27. The van der Waals surface area contributed by atoms with Gasteiger partial charge in [-0.25, -0.2) is 4.98 Å². The van der Waals surface area contributed by atoms with Crippen LogP contribution in [0.5, 0.6) is 0 Å². The van der Waals surface area contributed by atoms with Crippen LogP contribution in [-0.2, 0) is 5.54 Å². The summed E-state index contributed by atoms with van der Waals surface area (Å²) in [6, 6.07) is 0. The molecule has 18 heavy (non-hydrogen) atoms. The van der Waals surface area contributed by atoms with Gasteiger partial charge in [-0.2, -0.15) is 0 Å². The van der Waals surface area contributed by atoms with Gasteiger partial charge in [-0.15, -0.1) is 0 Å². The molecule has 102 valence electrons. The predicted molar refractivity (Wildman–Crippen MR) is 75.9 cm³/mol. The molecular formula is C14H26N4. The molecule has 2 heterocycles. The molecule has 0 unspecified atom stereocenters. The summed E-state index contributed by atoms with van der Waals surface area (Å²) in [5, 5.41) is 6.89. The van der Waals surface area contributed by atoms with E-state index in [4.69, 9.17) is 0 Å². The normalized spacial score (nSPS) is 17.9. The molecule has 2 rings (SSSR count). The second kappa shape index (κ2) is 5.74. The lowest BCUT2D eigenvalue weighted by atomic mass is 9.95. The highest BCUT2D eigenvalue weighted by Crippen LogP contribution is 2.20. The molecular weight excluding hydrogens is 224 g/mol. The molecule has 0 amide bonds. The lowest BCUT2D eigenvalue weighted by Crippen LogP contribution is -2.29. The van der Waals surface area contributed by atoms with Crippen LogP contribution in [0.2, 0.25) is 0 Å².